The van der Waals surface area contributed by atoms with Gasteiger partial charge in [-0.2, -0.15) is 0 Å². The number of esters is 1. The summed E-state index contributed by atoms with van der Waals surface area (Å²) in [5.74, 6) is -0.471. The Bertz CT molecular complexity index is 658. The second-order valence-corrected chi connectivity index (χ2v) is 6.04. The molecule has 0 bridgehead atoms. The van der Waals surface area contributed by atoms with Crippen LogP contribution in [0.5, 0.6) is 0 Å². The maximum absolute atomic E-state index is 11.9. The zero-order valence-electron chi connectivity index (χ0n) is 9.83. The van der Waals surface area contributed by atoms with Gasteiger partial charge in [0.1, 0.15) is 5.69 Å². The Morgan fingerprint density at radius 3 is 2.63 bits per heavy atom. The van der Waals surface area contributed by atoms with Crippen molar-refractivity contribution in [2.45, 2.75) is 6.92 Å². The first kappa shape index (κ1) is 14.5. The maximum Gasteiger partial charge on any atom is 0.356 e. The van der Waals surface area contributed by atoms with E-state index in [-0.39, 0.29) is 12.3 Å². The van der Waals surface area contributed by atoms with Crippen LogP contribution in [0.2, 0.25) is 10.0 Å². The van der Waals surface area contributed by atoms with Gasteiger partial charge in [0.2, 0.25) is 0 Å². The quantitative estimate of drug-likeness (QED) is 0.637. The molecule has 2 rings (SSSR count). The first-order chi connectivity index (χ1) is 9.04. The van der Waals surface area contributed by atoms with E-state index in [9.17, 15) is 4.79 Å². The summed E-state index contributed by atoms with van der Waals surface area (Å²) in [5.41, 5.74) is 0.873. The van der Waals surface area contributed by atoms with Crippen LogP contribution >= 0.6 is 46.8 Å². The summed E-state index contributed by atoms with van der Waals surface area (Å²) >= 11 is 18.6. The number of halogens is 2. The van der Waals surface area contributed by atoms with E-state index in [0.717, 1.165) is 0 Å². The van der Waals surface area contributed by atoms with Crippen LogP contribution in [0, 0.1) is 3.95 Å². The van der Waals surface area contributed by atoms with Crippen molar-refractivity contribution in [1.29, 1.82) is 0 Å². The Hall–Kier alpha value is -0.880. The van der Waals surface area contributed by atoms with Crippen molar-refractivity contribution in [2.75, 3.05) is 6.61 Å². The molecule has 2 aromatic rings. The van der Waals surface area contributed by atoms with E-state index in [1.165, 1.54) is 11.3 Å². The first-order valence-corrected chi connectivity index (χ1v) is 7.37. The lowest BCUT2D eigenvalue weighted by molar-refractivity contribution is 0.0521. The fourth-order valence-corrected chi connectivity index (χ4v) is 3.51. The minimum absolute atomic E-state index is 0.283. The summed E-state index contributed by atoms with van der Waals surface area (Å²) < 4.78 is 5.45. The zero-order chi connectivity index (χ0) is 14.0. The van der Waals surface area contributed by atoms with Gasteiger partial charge in [0.05, 0.1) is 21.5 Å². The molecule has 0 atom stereocenters. The van der Waals surface area contributed by atoms with Gasteiger partial charge < -0.3 is 9.72 Å². The average molecular weight is 334 g/mol. The van der Waals surface area contributed by atoms with Crippen molar-refractivity contribution in [3.8, 4) is 10.4 Å². The number of carbonyl (C=O) groups excluding carboxylic acids is 1. The molecule has 7 heteroatoms. The number of aromatic amines is 1. The fraction of sp³-hybridized carbons (Fsp3) is 0.167. The van der Waals surface area contributed by atoms with Gasteiger partial charge >= 0.3 is 5.97 Å². The van der Waals surface area contributed by atoms with Crippen LogP contribution in [-0.2, 0) is 4.74 Å². The lowest BCUT2D eigenvalue weighted by atomic mass is 10.1. The molecule has 0 saturated carbocycles. The average Bonchev–Trinajstić information content (AvgIpc) is 2.71. The van der Waals surface area contributed by atoms with Crippen LogP contribution in [0.3, 0.4) is 0 Å². The predicted octanol–water partition coefficient (Wildman–Crippen LogP) is 4.96. The second-order valence-electron chi connectivity index (χ2n) is 3.54. The molecule has 0 spiro atoms. The van der Waals surface area contributed by atoms with Crippen molar-refractivity contribution in [3.63, 3.8) is 0 Å². The van der Waals surface area contributed by atoms with E-state index >= 15 is 0 Å². The number of carbonyl (C=O) groups is 1. The highest BCUT2D eigenvalue weighted by Gasteiger charge is 2.21. The fourth-order valence-electron chi connectivity index (χ4n) is 1.57. The van der Waals surface area contributed by atoms with Gasteiger partial charge in [-0.25, -0.2) is 4.79 Å². The number of ether oxygens (including phenoxy) is 1. The Morgan fingerprint density at radius 2 is 2.05 bits per heavy atom. The molecule has 0 fully saturated rings. The molecule has 0 aliphatic carbocycles. The number of rotatable bonds is 3. The predicted molar refractivity (Wildman–Crippen MR) is 80.9 cm³/mol. The summed E-state index contributed by atoms with van der Waals surface area (Å²) in [6, 6.07) is 5.16. The molecule has 3 nitrogen and oxygen atoms in total. The van der Waals surface area contributed by atoms with Gasteiger partial charge in [-0.05, 0) is 31.3 Å². The van der Waals surface area contributed by atoms with Crippen LogP contribution < -0.4 is 0 Å². The van der Waals surface area contributed by atoms with Crippen LogP contribution in [-0.4, -0.2) is 17.6 Å². The number of hydrogen-bond donors (Lipinski definition) is 1. The molecule has 1 N–H and O–H groups in total. The van der Waals surface area contributed by atoms with E-state index in [1.807, 2.05) is 0 Å². The molecule has 1 aromatic heterocycles. The van der Waals surface area contributed by atoms with E-state index < -0.39 is 5.97 Å². The van der Waals surface area contributed by atoms with Crippen LogP contribution in [0.4, 0.5) is 0 Å². The SMILES string of the molecule is CCOC(=O)c1[nH]c(=S)sc1-c1c(Cl)cccc1Cl. The number of nitrogens with one attached hydrogen (secondary N) is 1. The van der Waals surface area contributed by atoms with Crippen molar-refractivity contribution in [1.82, 2.24) is 4.98 Å². The molecule has 0 aliphatic rings. The molecule has 0 saturated heterocycles. The third-order valence-corrected chi connectivity index (χ3v) is 4.20. The first-order valence-electron chi connectivity index (χ1n) is 5.39. The van der Waals surface area contributed by atoms with Crippen molar-refractivity contribution < 1.29 is 9.53 Å². The van der Waals surface area contributed by atoms with Gasteiger partial charge in [0, 0.05) is 5.56 Å². The minimum atomic E-state index is -0.471. The van der Waals surface area contributed by atoms with E-state index in [0.29, 0.717) is 24.4 Å². The number of thiazole rings is 1. The molecular weight excluding hydrogens is 325 g/mol. The molecule has 100 valence electrons. The molecule has 0 radical (unpaired) electrons. The Morgan fingerprint density at radius 1 is 1.42 bits per heavy atom. The highest BCUT2D eigenvalue weighted by Crippen LogP contribution is 2.39. The van der Waals surface area contributed by atoms with E-state index in [1.54, 1.807) is 25.1 Å². The number of hydrogen-bond acceptors (Lipinski definition) is 4. The van der Waals surface area contributed by atoms with Crippen molar-refractivity contribution in [2.24, 2.45) is 0 Å². The number of H-pyrrole nitrogens is 1. The topological polar surface area (TPSA) is 42.1 Å². The Labute approximate surface area is 129 Å². The monoisotopic (exact) mass is 333 g/mol. The van der Waals surface area contributed by atoms with Gasteiger partial charge in [-0.15, -0.1) is 11.3 Å². The molecular formula is C12H9Cl2NO2S2. The summed E-state index contributed by atoms with van der Waals surface area (Å²) in [6.45, 7) is 2.02. The third-order valence-electron chi connectivity index (χ3n) is 2.32. The van der Waals surface area contributed by atoms with Gasteiger partial charge in [-0.3, -0.25) is 0 Å². The lowest BCUT2D eigenvalue weighted by Crippen LogP contribution is -2.06. The smallest absolute Gasteiger partial charge is 0.356 e. The van der Waals surface area contributed by atoms with E-state index in [4.69, 9.17) is 40.2 Å². The summed E-state index contributed by atoms with van der Waals surface area (Å²) in [7, 11) is 0. The Kier molecular flexibility index (Phi) is 4.62. The molecule has 0 amide bonds. The Balaban J connectivity index is 2.63. The number of benzene rings is 1. The zero-order valence-corrected chi connectivity index (χ0v) is 13.0. The van der Waals surface area contributed by atoms with Gasteiger partial charge in [0.15, 0.2) is 3.95 Å². The highest BCUT2D eigenvalue weighted by molar-refractivity contribution is 7.73. The summed E-state index contributed by atoms with van der Waals surface area (Å²) in [4.78, 5) is 15.3. The van der Waals surface area contributed by atoms with Crippen molar-refractivity contribution in [3.05, 3.63) is 37.9 Å². The second kappa shape index (κ2) is 6.05. The minimum Gasteiger partial charge on any atom is -0.461 e. The third kappa shape index (κ3) is 3.00. The number of aromatic nitrogens is 1. The van der Waals surface area contributed by atoms with Crippen LogP contribution in [0.15, 0.2) is 18.2 Å². The molecule has 19 heavy (non-hydrogen) atoms. The van der Waals surface area contributed by atoms with Crippen molar-refractivity contribution >= 4 is 52.7 Å². The van der Waals surface area contributed by atoms with Gasteiger partial charge in [-0.1, -0.05) is 29.3 Å². The highest BCUT2D eigenvalue weighted by atomic mass is 35.5. The largest absolute Gasteiger partial charge is 0.461 e. The van der Waals surface area contributed by atoms with Crippen LogP contribution in [0.25, 0.3) is 10.4 Å². The maximum atomic E-state index is 11.9. The molecule has 0 aliphatic heterocycles. The molecule has 0 unspecified atom stereocenters. The standard InChI is InChI=1S/C12H9Cl2NO2S2/c1-2-17-11(16)9-10(19-12(18)15-9)8-6(13)4-3-5-7(8)14/h3-5H,2H2,1H3,(H,15,18). The van der Waals surface area contributed by atoms with Gasteiger partial charge in [0.25, 0.3) is 0 Å². The lowest BCUT2D eigenvalue weighted by Gasteiger charge is -2.06. The normalized spacial score (nSPS) is 10.5. The summed E-state index contributed by atoms with van der Waals surface area (Å²) in [5, 5.41) is 0.923. The van der Waals surface area contributed by atoms with E-state index in [2.05, 4.69) is 4.98 Å². The molecule has 1 aromatic carbocycles. The van der Waals surface area contributed by atoms with Crippen LogP contribution in [0.1, 0.15) is 17.4 Å². The summed E-state index contributed by atoms with van der Waals surface area (Å²) in [6.07, 6.45) is 0. The molecule has 1 heterocycles.